The van der Waals surface area contributed by atoms with Gasteiger partial charge in [-0.1, -0.05) is 23.2 Å². The number of rotatable bonds is 3. The van der Waals surface area contributed by atoms with Gasteiger partial charge < -0.3 is 10.0 Å². The Morgan fingerprint density at radius 1 is 1.37 bits per heavy atom. The first-order chi connectivity index (χ1) is 9.10. The van der Waals surface area contributed by atoms with Crippen molar-refractivity contribution in [1.82, 2.24) is 4.90 Å². The number of nitrogens with zero attached hydrogens (tertiary/aromatic N) is 1. The Kier molecular flexibility index (Phi) is 4.86. The average Bonchev–Trinajstić information content (AvgIpc) is 2.83. The van der Waals surface area contributed by atoms with Crippen molar-refractivity contribution in [2.75, 3.05) is 13.2 Å². The molecule has 0 radical (unpaired) electrons. The van der Waals surface area contributed by atoms with E-state index >= 15 is 0 Å². The smallest absolute Gasteiger partial charge is 0.246 e. The van der Waals surface area contributed by atoms with Crippen molar-refractivity contribution < 1.29 is 9.90 Å². The van der Waals surface area contributed by atoms with Gasteiger partial charge in [0.15, 0.2) is 0 Å². The van der Waals surface area contributed by atoms with Gasteiger partial charge >= 0.3 is 0 Å². The average molecular weight is 300 g/mol. The number of carbonyl (C=O) groups excluding carboxylic acids is 1. The minimum absolute atomic E-state index is 0.0164. The molecule has 0 saturated carbocycles. The van der Waals surface area contributed by atoms with Gasteiger partial charge in [0.1, 0.15) is 0 Å². The van der Waals surface area contributed by atoms with Crippen LogP contribution in [-0.2, 0) is 4.79 Å². The van der Waals surface area contributed by atoms with Crippen LogP contribution in [0, 0.1) is 0 Å². The van der Waals surface area contributed by atoms with Gasteiger partial charge in [-0.25, -0.2) is 0 Å². The Balaban J connectivity index is 2.07. The summed E-state index contributed by atoms with van der Waals surface area (Å²) in [4.78, 5) is 13.7. The monoisotopic (exact) mass is 299 g/mol. The van der Waals surface area contributed by atoms with Crippen molar-refractivity contribution in [3.63, 3.8) is 0 Å². The van der Waals surface area contributed by atoms with E-state index in [1.807, 2.05) is 0 Å². The van der Waals surface area contributed by atoms with Crippen LogP contribution in [0.15, 0.2) is 24.3 Å². The van der Waals surface area contributed by atoms with E-state index in [1.54, 1.807) is 29.2 Å². The second kappa shape index (κ2) is 6.42. The van der Waals surface area contributed by atoms with E-state index in [2.05, 4.69) is 0 Å². The largest absolute Gasteiger partial charge is 0.394 e. The lowest BCUT2D eigenvalue weighted by molar-refractivity contribution is -0.127. The molecule has 102 valence electrons. The molecular formula is C14H15Cl2NO2. The van der Waals surface area contributed by atoms with Crippen molar-refractivity contribution in [2.24, 2.45) is 0 Å². The Labute approximate surface area is 122 Å². The van der Waals surface area contributed by atoms with Crippen molar-refractivity contribution in [3.05, 3.63) is 39.9 Å². The summed E-state index contributed by atoms with van der Waals surface area (Å²) in [6.07, 6.45) is 4.98. The SMILES string of the molecule is O=C(/C=C/c1cc(Cl)cc(Cl)c1)N1CCCC1CO. The second-order valence-electron chi connectivity index (χ2n) is 4.55. The number of benzene rings is 1. The number of aliphatic hydroxyl groups is 1. The normalized spacial score (nSPS) is 19.3. The Hall–Kier alpha value is -1.03. The summed E-state index contributed by atoms with van der Waals surface area (Å²) in [5, 5.41) is 10.3. The molecule has 0 bridgehead atoms. The lowest BCUT2D eigenvalue weighted by Gasteiger charge is -2.21. The zero-order valence-electron chi connectivity index (χ0n) is 10.4. The van der Waals surface area contributed by atoms with Gasteiger partial charge in [-0.3, -0.25) is 4.79 Å². The topological polar surface area (TPSA) is 40.5 Å². The van der Waals surface area contributed by atoms with E-state index in [0.29, 0.717) is 16.6 Å². The van der Waals surface area contributed by atoms with E-state index in [1.165, 1.54) is 6.08 Å². The van der Waals surface area contributed by atoms with Crippen LogP contribution in [0.25, 0.3) is 6.08 Å². The molecule has 1 N–H and O–H groups in total. The number of hydrogen-bond donors (Lipinski definition) is 1. The Bertz CT molecular complexity index is 482. The third kappa shape index (κ3) is 3.72. The molecule has 1 heterocycles. The van der Waals surface area contributed by atoms with Crippen molar-refractivity contribution in [1.29, 1.82) is 0 Å². The van der Waals surface area contributed by atoms with Crippen LogP contribution in [0.5, 0.6) is 0 Å². The highest BCUT2D eigenvalue weighted by atomic mass is 35.5. The van der Waals surface area contributed by atoms with E-state index < -0.39 is 0 Å². The summed E-state index contributed by atoms with van der Waals surface area (Å²) in [7, 11) is 0. The standard InChI is InChI=1S/C14H15Cl2NO2/c15-11-6-10(7-12(16)8-11)3-4-14(19)17-5-1-2-13(17)9-18/h3-4,6-8,13,18H,1-2,5,9H2/b4-3+. The molecule has 3 nitrogen and oxygen atoms in total. The minimum Gasteiger partial charge on any atom is -0.394 e. The van der Waals surface area contributed by atoms with E-state index in [9.17, 15) is 9.90 Å². The predicted molar refractivity (Wildman–Crippen MR) is 77.3 cm³/mol. The molecule has 1 aromatic carbocycles. The Morgan fingerprint density at radius 2 is 2.05 bits per heavy atom. The summed E-state index contributed by atoms with van der Waals surface area (Å²) in [5.74, 6) is -0.0901. The molecule has 1 saturated heterocycles. The molecule has 1 atom stereocenters. The van der Waals surface area contributed by atoms with Gasteiger partial charge in [-0.15, -0.1) is 0 Å². The molecule has 1 unspecified atom stereocenters. The fourth-order valence-electron chi connectivity index (χ4n) is 2.25. The maximum atomic E-state index is 12.0. The van der Waals surface area contributed by atoms with Gasteiger partial charge in [0, 0.05) is 22.7 Å². The lowest BCUT2D eigenvalue weighted by Crippen LogP contribution is -2.36. The van der Waals surface area contributed by atoms with Gasteiger partial charge in [-0.05, 0) is 42.7 Å². The van der Waals surface area contributed by atoms with Crippen LogP contribution in [0.3, 0.4) is 0 Å². The molecule has 1 amide bonds. The molecular weight excluding hydrogens is 285 g/mol. The van der Waals surface area contributed by atoms with Crippen LogP contribution < -0.4 is 0 Å². The first-order valence-electron chi connectivity index (χ1n) is 6.16. The summed E-state index contributed by atoms with van der Waals surface area (Å²) in [5.41, 5.74) is 0.783. The van der Waals surface area contributed by atoms with E-state index in [4.69, 9.17) is 23.2 Å². The maximum Gasteiger partial charge on any atom is 0.246 e. The Morgan fingerprint density at radius 3 is 2.68 bits per heavy atom. The number of carbonyl (C=O) groups is 1. The number of hydrogen-bond acceptors (Lipinski definition) is 2. The van der Waals surface area contributed by atoms with Gasteiger partial charge in [-0.2, -0.15) is 0 Å². The first kappa shape index (κ1) is 14.4. The summed E-state index contributed by atoms with van der Waals surface area (Å²) >= 11 is 11.8. The van der Waals surface area contributed by atoms with Crippen LogP contribution in [0.4, 0.5) is 0 Å². The molecule has 1 aliphatic rings. The second-order valence-corrected chi connectivity index (χ2v) is 5.42. The fraction of sp³-hybridized carbons (Fsp3) is 0.357. The molecule has 1 fully saturated rings. The zero-order valence-corrected chi connectivity index (χ0v) is 11.9. The number of amides is 1. The highest BCUT2D eigenvalue weighted by Crippen LogP contribution is 2.21. The highest BCUT2D eigenvalue weighted by Gasteiger charge is 2.26. The van der Waals surface area contributed by atoms with Crippen LogP contribution in [0.1, 0.15) is 18.4 Å². The zero-order chi connectivity index (χ0) is 13.8. The lowest BCUT2D eigenvalue weighted by atomic mass is 10.2. The van der Waals surface area contributed by atoms with Crippen LogP contribution >= 0.6 is 23.2 Å². The summed E-state index contributed by atoms with van der Waals surface area (Å²) < 4.78 is 0. The number of likely N-dealkylation sites (tertiary alicyclic amines) is 1. The maximum absolute atomic E-state index is 12.0. The number of halogens is 2. The molecule has 1 aromatic rings. The minimum atomic E-state index is -0.0901. The van der Waals surface area contributed by atoms with Crippen molar-refractivity contribution in [2.45, 2.75) is 18.9 Å². The molecule has 19 heavy (non-hydrogen) atoms. The van der Waals surface area contributed by atoms with Crippen LogP contribution in [-0.4, -0.2) is 35.1 Å². The van der Waals surface area contributed by atoms with Crippen molar-refractivity contribution >= 4 is 35.2 Å². The van der Waals surface area contributed by atoms with E-state index in [-0.39, 0.29) is 18.6 Å². The van der Waals surface area contributed by atoms with Crippen molar-refractivity contribution in [3.8, 4) is 0 Å². The van der Waals surface area contributed by atoms with Gasteiger partial charge in [0.05, 0.1) is 12.6 Å². The van der Waals surface area contributed by atoms with E-state index in [0.717, 1.165) is 18.4 Å². The van der Waals surface area contributed by atoms with Gasteiger partial charge in [0.2, 0.25) is 5.91 Å². The van der Waals surface area contributed by atoms with Gasteiger partial charge in [0.25, 0.3) is 0 Å². The molecule has 2 rings (SSSR count). The van der Waals surface area contributed by atoms with Crippen LogP contribution in [0.2, 0.25) is 10.0 Å². The highest BCUT2D eigenvalue weighted by molar-refractivity contribution is 6.34. The third-order valence-electron chi connectivity index (χ3n) is 3.17. The number of aliphatic hydroxyl groups excluding tert-OH is 1. The first-order valence-corrected chi connectivity index (χ1v) is 6.91. The summed E-state index contributed by atoms with van der Waals surface area (Å²) in [6.45, 7) is 0.716. The predicted octanol–water partition coefficient (Wildman–Crippen LogP) is 2.99. The molecule has 0 aliphatic carbocycles. The molecule has 0 spiro atoms. The third-order valence-corrected chi connectivity index (χ3v) is 3.61. The molecule has 5 heteroatoms. The summed E-state index contributed by atoms with van der Waals surface area (Å²) in [6, 6.07) is 5.07. The molecule has 0 aromatic heterocycles. The quantitative estimate of drug-likeness (QED) is 0.872. The molecule has 1 aliphatic heterocycles. The fourth-order valence-corrected chi connectivity index (χ4v) is 2.79.